The summed E-state index contributed by atoms with van der Waals surface area (Å²) >= 11 is 0. The van der Waals surface area contributed by atoms with E-state index in [1.807, 2.05) is 0 Å². The molecule has 0 atom stereocenters. The fourth-order valence-electron chi connectivity index (χ4n) is 2.95. The van der Waals surface area contributed by atoms with Crippen LogP contribution in [-0.4, -0.2) is 75.2 Å². The third-order valence-electron chi connectivity index (χ3n) is 4.20. The second kappa shape index (κ2) is 7.43. The summed E-state index contributed by atoms with van der Waals surface area (Å²) in [5.74, 6) is 0.927. The Morgan fingerprint density at radius 2 is 1.78 bits per heavy atom. The summed E-state index contributed by atoms with van der Waals surface area (Å²) in [6, 6.07) is 0.749. The highest BCUT2D eigenvalue weighted by Gasteiger charge is 2.21. The first kappa shape index (κ1) is 14.3. The molecule has 4 nitrogen and oxygen atoms in total. The van der Waals surface area contributed by atoms with Gasteiger partial charge in [-0.3, -0.25) is 0 Å². The van der Waals surface area contributed by atoms with Crippen LogP contribution >= 0.6 is 0 Å². The second-order valence-corrected chi connectivity index (χ2v) is 6.15. The van der Waals surface area contributed by atoms with E-state index in [4.69, 9.17) is 0 Å². The molecule has 2 heterocycles. The van der Waals surface area contributed by atoms with E-state index >= 15 is 0 Å². The molecule has 0 aromatic heterocycles. The van der Waals surface area contributed by atoms with Crippen molar-refractivity contribution in [3.63, 3.8) is 0 Å². The number of rotatable bonds is 7. The first-order chi connectivity index (χ1) is 8.74. The van der Waals surface area contributed by atoms with E-state index in [2.05, 4.69) is 34.4 Å². The molecule has 0 unspecified atom stereocenters. The summed E-state index contributed by atoms with van der Waals surface area (Å²) in [6.45, 7) is 12.0. The van der Waals surface area contributed by atoms with Crippen LogP contribution in [0, 0.1) is 5.92 Å². The molecule has 0 bridgehead atoms. The van der Waals surface area contributed by atoms with Gasteiger partial charge in [0.2, 0.25) is 0 Å². The van der Waals surface area contributed by atoms with E-state index in [9.17, 15) is 0 Å². The minimum Gasteiger partial charge on any atom is -0.314 e. The third-order valence-corrected chi connectivity index (χ3v) is 4.20. The molecule has 2 saturated heterocycles. The lowest BCUT2D eigenvalue weighted by Gasteiger charge is -2.37. The maximum absolute atomic E-state index is 3.66. The van der Waals surface area contributed by atoms with E-state index in [1.54, 1.807) is 0 Å². The largest absolute Gasteiger partial charge is 0.314 e. The van der Waals surface area contributed by atoms with Gasteiger partial charge in [-0.15, -0.1) is 0 Å². The van der Waals surface area contributed by atoms with Gasteiger partial charge >= 0.3 is 0 Å². The van der Waals surface area contributed by atoms with Crippen molar-refractivity contribution in [1.29, 1.82) is 0 Å². The van der Waals surface area contributed by atoms with Crippen LogP contribution in [0.4, 0.5) is 0 Å². The molecule has 0 aromatic rings. The van der Waals surface area contributed by atoms with Gasteiger partial charge < -0.3 is 20.4 Å². The summed E-state index contributed by atoms with van der Waals surface area (Å²) in [6.07, 6.45) is 2.62. The Labute approximate surface area is 112 Å². The maximum Gasteiger partial charge on any atom is 0.0107 e. The molecule has 2 rings (SSSR count). The standard InChI is InChI=1S/C14H30N4/c1-13-11-18(12-13)10-7-15-5-6-16-14-3-8-17(2)9-4-14/h13-16H,3-12H2,1-2H3. The van der Waals surface area contributed by atoms with Crippen LogP contribution in [0.1, 0.15) is 19.8 Å². The van der Waals surface area contributed by atoms with Crippen molar-refractivity contribution in [2.75, 3.05) is 59.4 Å². The summed E-state index contributed by atoms with van der Waals surface area (Å²) in [5, 5.41) is 7.20. The molecule has 18 heavy (non-hydrogen) atoms. The van der Waals surface area contributed by atoms with Gasteiger partial charge in [-0.05, 0) is 38.9 Å². The van der Waals surface area contributed by atoms with Gasteiger partial charge in [0, 0.05) is 45.3 Å². The minimum atomic E-state index is 0.749. The number of likely N-dealkylation sites (tertiary alicyclic amines) is 2. The van der Waals surface area contributed by atoms with Gasteiger partial charge in [0.15, 0.2) is 0 Å². The van der Waals surface area contributed by atoms with Crippen molar-refractivity contribution in [1.82, 2.24) is 20.4 Å². The Bertz CT molecular complexity index is 220. The molecule has 0 amide bonds. The fourth-order valence-corrected chi connectivity index (χ4v) is 2.95. The molecular formula is C14H30N4. The molecule has 106 valence electrons. The van der Waals surface area contributed by atoms with Gasteiger partial charge in [-0.2, -0.15) is 0 Å². The van der Waals surface area contributed by atoms with Crippen molar-refractivity contribution < 1.29 is 0 Å². The van der Waals surface area contributed by atoms with Crippen molar-refractivity contribution in [3.8, 4) is 0 Å². The molecule has 0 spiro atoms. The lowest BCUT2D eigenvalue weighted by Crippen LogP contribution is -2.48. The number of nitrogens with one attached hydrogen (secondary N) is 2. The molecule has 0 radical (unpaired) electrons. The van der Waals surface area contributed by atoms with Gasteiger partial charge in [0.25, 0.3) is 0 Å². The highest BCUT2D eigenvalue weighted by Crippen LogP contribution is 2.12. The zero-order valence-corrected chi connectivity index (χ0v) is 12.1. The fraction of sp³-hybridized carbons (Fsp3) is 1.00. The molecule has 4 heteroatoms. The Hall–Kier alpha value is -0.160. The summed E-state index contributed by atoms with van der Waals surface area (Å²) < 4.78 is 0. The molecular weight excluding hydrogens is 224 g/mol. The van der Waals surface area contributed by atoms with E-state index in [-0.39, 0.29) is 0 Å². The van der Waals surface area contributed by atoms with Gasteiger partial charge in [0.05, 0.1) is 0 Å². The Balaban J connectivity index is 1.37. The number of hydrogen-bond acceptors (Lipinski definition) is 4. The average Bonchev–Trinajstić information content (AvgIpc) is 2.33. The van der Waals surface area contributed by atoms with E-state index in [1.165, 1.54) is 45.6 Å². The van der Waals surface area contributed by atoms with E-state index < -0.39 is 0 Å². The zero-order chi connectivity index (χ0) is 12.8. The second-order valence-electron chi connectivity index (χ2n) is 6.15. The van der Waals surface area contributed by atoms with Crippen molar-refractivity contribution in [2.45, 2.75) is 25.8 Å². The highest BCUT2D eigenvalue weighted by atomic mass is 15.2. The molecule has 0 saturated carbocycles. The van der Waals surface area contributed by atoms with Crippen molar-refractivity contribution in [2.24, 2.45) is 5.92 Å². The molecule has 0 aliphatic carbocycles. The maximum atomic E-state index is 3.66. The molecule has 0 aromatic carbocycles. The Kier molecular flexibility index (Phi) is 5.89. The smallest absolute Gasteiger partial charge is 0.0107 e. The monoisotopic (exact) mass is 254 g/mol. The predicted octanol–water partition coefficient (Wildman–Crippen LogP) is 0.212. The quantitative estimate of drug-likeness (QED) is 0.636. The number of piperidine rings is 1. The Morgan fingerprint density at radius 1 is 1.06 bits per heavy atom. The molecule has 2 aliphatic rings. The zero-order valence-electron chi connectivity index (χ0n) is 12.1. The van der Waals surface area contributed by atoms with Crippen LogP contribution in [-0.2, 0) is 0 Å². The van der Waals surface area contributed by atoms with Crippen LogP contribution in [0.3, 0.4) is 0 Å². The lowest BCUT2D eigenvalue weighted by atomic mass is 10.0. The normalized spacial score (nSPS) is 24.3. The molecule has 2 fully saturated rings. The lowest BCUT2D eigenvalue weighted by molar-refractivity contribution is 0.114. The predicted molar refractivity (Wildman–Crippen MR) is 77.0 cm³/mol. The van der Waals surface area contributed by atoms with Crippen LogP contribution in [0.2, 0.25) is 0 Å². The minimum absolute atomic E-state index is 0.749. The van der Waals surface area contributed by atoms with Crippen LogP contribution in [0.5, 0.6) is 0 Å². The average molecular weight is 254 g/mol. The number of hydrogen-bond donors (Lipinski definition) is 2. The van der Waals surface area contributed by atoms with Crippen LogP contribution in [0.25, 0.3) is 0 Å². The van der Waals surface area contributed by atoms with Crippen LogP contribution < -0.4 is 10.6 Å². The van der Waals surface area contributed by atoms with Gasteiger partial charge in [-0.25, -0.2) is 0 Å². The summed E-state index contributed by atoms with van der Waals surface area (Å²) in [4.78, 5) is 4.95. The van der Waals surface area contributed by atoms with Crippen molar-refractivity contribution >= 4 is 0 Å². The van der Waals surface area contributed by atoms with Crippen LogP contribution in [0.15, 0.2) is 0 Å². The van der Waals surface area contributed by atoms with Gasteiger partial charge in [0.1, 0.15) is 0 Å². The molecule has 2 aliphatic heterocycles. The third kappa shape index (κ3) is 4.84. The van der Waals surface area contributed by atoms with Gasteiger partial charge in [-0.1, -0.05) is 6.92 Å². The molecule has 2 N–H and O–H groups in total. The van der Waals surface area contributed by atoms with Crippen molar-refractivity contribution in [3.05, 3.63) is 0 Å². The SMILES string of the molecule is CC1CN(CCNCCNC2CCN(C)CC2)C1. The first-order valence-electron chi connectivity index (χ1n) is 7.59. The topological polar surface area (TPSA) is 30.5 Å². The summed E-state index contributed by atoms with van der Waals surface area (Å²) in [7, 11) is 2.22. The van der Waals surface area contributed by atoms with E-state index in [0.29, 0.717) is 0 Å². The first-order valence-corrected chi connectivity index (χ1v) is 7.59. The number of nitrogens with zero attached hydrogens (tertiary/aromatic N) is 2. The Morgan fingerprint density at radius 3 is 2.44 bits per heavy atom. The highest BCUT2D eigenvalue weighted by molar-refractivity contribution is 4.77. The summed E-state index contributed by atoms with van der Waals surface area (Å²) in [5.41, 5.74) is 0. The van der Waals surface area contributed by atoms with E-state index in [0.717, 1.165) is 31.6 Å².